The molecule has 3 aliphatic heterocycles. The first-order valence-corrected chi connectivity index (χ1v) is 11.3. The second-order valence-electron chi connectivity index (χ2n) is 8.30. The zero-order valence-corrected chi connectivity index (χ0v) is 15.6. The van der Waals surface area contributed by atoms with Crippen LogP contribution in [0.5, 0.6) is 0 Å². The molecule has 138 valence electrons. The van der Waals surface area contributed by atoms with Crippen LogP contribution in [0.3, 0.4) is 0 Å². The molecule has 0 radical (unpaired) electrons. The third kappa shape index (κ3) is 2.49. The Morgan fingerprint density at radius 2 is 1.96 bits per heavy atom. The Morgan fingerprint density at radius 3 is 2.64 bits per heavy atom. The quantitative estimate of drug-likeness (QED) is 0.787. The number of hydrogen-bond acceptors (Lipinski definition) is 5. The number of piperidine rings is 2. The Labute approximate surface area is 149 Å². The molecule has 0 bridgehead atoms. The molecular weight excluding hydrogens is 338 g/mol. The van der Waals surface area contributed by atoms with E-state index in [1.165, 1.54) is 25.9 Å². The lowest BCUT2D eigenvalue weighted by Gasteiger charge is -2.49. The molecule has 4 aliphatic rings. The van der Waals surface area contributed by atoms with Crippen LogP contribution in [0.25, 0.3) is 0 Å². The van der Waals surface area contributed by atoms with Gasteiger partial charge in [-0.2, -0.15) is 4.31 Å². The van der Waals surface area contributed by atoms with Gasteiger partial charge in [-0.25, -0.2) is 13.4 Å². The zero-order valence-electron chi connectivity index (χ0n) is 14.7. The molecular formula is C17H27N5O2S. The summed E-state index contributed by atoms with van der Waals surface area (Å²) in [7, 11) is -3.24. The van der Waals surface area contributed by atoms with Crippen molar-refractivity contribution in [1.82, 2.24) is 24.5 Å². The van der Waals surface area contributed by atoms with Gasteiger partial charge in [-0.15, -0.1) is 0 Å². The van der Waals surface area contributed by atoms with E-state index >= 15 is 0 Å². The molecule has 1 spiro atoms. The number of nitrogens with zero attached hydrogens (tertiary/aromatic N) is 3. The van der Waals surface area contributed by atoms with Gasteiger partial charge in [-0.1, -0.05) is 0 Å². The SMILES string of the molecule is CS(=O)(=O)N1CCc2[nH]cnc2C12CCN(CC1[C@H]3CNC[C@@H]13)CC2. The predicted molar refractivity (Wildman–Crippen MR) is 94.5 cm³/mol. The van der Waals surface area contributed by atoms with Crippen molar-refractivity contribution in [3.8, 4) is 0 Å². The number of rotatable bonds is 3. The van der Waals surface area contributed by atoms with Gasteiger partial charge in [-0.05, 0) is 43.7 Å². The Morgan fingerprint density at radius 1 is 1.24 bits per heavy atom. The summed E-state index contributed by atoms with van der Waals surface area (Å²) < 4.78 is 26.7. The molecule has 3 fully saturated rings. The lowest BCUT2D eigenvalue weighted by Crippen LogP contribution is -2.58. The van der Waals surface area contributed by atoms with E-state index in [0.29, 0.717) is 6.54 Å². The van der Waals surface area contributed by atoms with Crippen LogP contribution in [0.1, 0.15) is 24.2 Å². The average molecular weight is 366 g/mol. The fourth-order valence-corrected chi connectivity index (χ4v) is 6.98. The van der Waals surface area contributed by atoms with Gasteiger partial charge in [0.15, 0.2) is 0 Å². The molecule has 8 heteroatoms. The first-order chi connectivity index (χ1) is 12.0. The van der Waals surface area contributed by atoms with Crippen LogP contribution < -0.4 is 5.32 Å². The van der Waals surface area contributed by atoms with E-state index in [1.54, 1.807) is 10.6 Å². The normalized spacial score (nSPS) is 34.8. The van der Waals surface area contributed by atoms with Gasteiger partial charge in [0.25, 0.3) is 0 Å². The predicted octanol–water partition coefficient (Wildman–Crippen LogP) is -0.0161. The topological polar surface area (TPSA) is 81.3 Å². The van der Waals surface area contributed by atoms with Crippen molar-refractivity contribution in [3.05, 3.63) is 17.7 Å². The Kier molecular flexibility index (Phi) is 3.58. The number of H-pyrrole nitrogens is 1. The molecule has 0 aromatic carbocycles. The minimum absolute atomic E-state index is 0.446. The molecule has 1 aromatic heterocycles. The zero-order chi connectivity index (χ0) is 17.2. The van der Waals surface area contributed by atoms with Crippen LogP contribution in [0.2, 0.25) is 0 Å². The van der Waals surface area contributed by atoms with E-state index in [0.717, 1.165) is 61.5 Å². The lowest BCUT2D eigenvalue weighted by molar-refractivity contribution is 0.0603. The van der Waals surface area contributed by atoms with Crippen LogP contribution in [-0.4, -0.2) is 73.1 Å². The summed E-state index contributed by atoms with van der Waals surface area (Å²) in [5.74, 6) is 2.63. The molecule has 2 saturated heterocycles. The van der Waals surface area contributed by atoms with Crippen molar-refractivity contribution in [2.24, 2.45) is 17.8 Å². The molecule has 4 heterocycles. The number of fused-ring (bicyclic) bond motifs is 3. The lowest BCUT2D eigenvalue weighted by atomic mass is 9.80. The molecule has 1 aromatic rings. The first-order valence-electron chi connectivity index (χ1n) is 9.43. The van der Waals surface area contributed by atoms with E-state index < -0.39 is 15.6 Å². The molecule has 1 saturated carbocycles. The molecule has 3 atom stereocenters. The van der Waals surface area contributed by atoms with Gasteiger partial charge in [-0.3, -0.25) is 0 Å². The van der Waals surface area contributed by atoms with E-state index in [9.17, 15) is 8.42 Å². The van der Waals surface area contributed by atoms with Crippen LogP contribution in [-0.2, 0) is 22.0 Å². The summed E-state index contributed by atoms with van der Waals surface area (Å²) in [5.41, 5.74) is 1.64. The molecule has 1 aliphatic carbocycles. The van der Waals surface area contributed by atoms with E-state index in [4.69, 9.17) is 0 Å². The number of nitrogens with one attached hydrogen (secondary N) is 2. The van der Waals surface area contributed by atoms with Crippen molar-refractivity contribution < 1.29 is 8.42 Å². The number of aromatic nitrogens is 2. The summed E-state index contributed by atoms with van der Waals surface area (Å²) in [6.07, 6.45) is 5.49. The number of imidazole rings is 1. The molecule has 7 nitrogen and oxygen atoms in total. The molecule has 1 unspecified atom stereocenters. The van der Waals surface area contributed by atoms with Crippen LogP contribution in [0.15, 0.2) is 6.33 Å². The van der Waals surface area contributed by atoms with Crippen molar-refractivity contribution in [3.63, 3.8) is 0 Å². The van der Waals surface area contributed by atoms with Crippen LogP contribution in [0, 0.1) is 17.8 Å². The Bertz CT molecular complexity index is 758. The molecule has 25 heavy (non-hydrogen) atoms. The van der Waals surface area contributed by atoms with Gasteiger partial charge in [0.2, 0.25) is 10.0 Å². The van der Waals surface area contributed by atoms with Gasteiger partial charge >= 0.3 is 0 Å². The van der Waals surface area contributed by atoms with E-state index in [-0.39, 0.29) is 0 Å². The van der Waals surface area contributed by atoms with Crippen LogP contribution >= 0.6 is 0 Å². The van der Waals surface area contributed by atoms with Gasteiger partial charge in [0.05, 0.1) is 23.8 Å². The minimum Gasteiger partial charge on any atom is -0.348 e. The fraction of sp³-hybridized carbons (Fsp3) is 0.824. The highest BCUT2D eigenvalue weighted by molar-refractivity contribution is 7.88. The number of aromatic amines is 1. The number of sulfonamides is 1. The van der Waals surface area contributed by atoms with Gasteiger partial charge in [0.1, 0.15) is 0 Å². The van der Waals surface area contributed by atoms with E-state index in [2.05, 4.69) is 20.2 Å². The minimum atomic E-state index is -3.24. The molecule has 0 amide bonds. The maximum absolute atomic E-state index is 12.5. The highest BCUT2D eigenvalue weighted by Crippen LogP contribution is 2.50. The summed E-state index contributed by atoms with van der Waals surface area (Å²) in [6, 6.07) is 0. The third-order valence-electron chi connectivity index (χ3n) is 7.02. The van der Waals surface area contributed by atoms with Crippen LogP contribution in [0.4, 0.5) is 0 Å². The third-order valence-corrected chi connectivity index (χ3v) is 8.36. The summed E-state index contributed by atoms with van der Waals surface area (Å²) in [6.45, 7) is 6.03. The summed E-state index contributed by atoms with van der Waals surface area (Å²) in [4.78, 5) is 10.3. The highest BCUT2D eigenvalue weighted by atomic mass is 32.2. The standard InChI is InChI=1S/C17H27N5O2S/c1-25(23,24)22-5-2-15-16(20-11-19-15)17(22)3-6-21(7-4-17)10-14-12-8-18-9-13(12)14/h11-14,18H,2-10H2,1H3,(H,19,20)/t12-,13+,14?. The second kappa shape index (κ2) is 5.52. The Hall–Kier alpha value is -0.960. The largest absolute Gasteiger partial charge is 0.348 e. The van der Waals surface area contributed by atoms with Crippen molar-refractivity contribution in [2.45, 2.75) is 24.8 Å². The van der Waals surface area contributed by atoms with Crippen molar-refractivity contribution >= 4 is 10.0 Å². The average Bonchev–Trinajstić information content (AvgIpc) is 3.01. The van der Waals surface area contributed by atoms with Gasteiger partial charge in [0, 0.05) is 38.3 Å². The number of hydrogen-bond donors (Lipinski definition) is 2. The number of likely N-dealkylation sites (tertiary alicyclic amines) is 1. The van der Waals surface area contributed by atoms with Crippen molar-refractivity contribution in [2.75, 3.05) is 45.5 Å². The fourth-order valence-electron chi connectivity index (χ4n) is 5.65. The summed E-state index contributed by atoms with van der Waals surface area (Å²) >= 11 is 0. The smallest absolute Gasteiger partial charge is 0.212 e. The van der Waals surface area contributed by atoms with Crippen molar-refractivity contribution in [1.29, 1.82) is 0 Å². The monoisotopic (exact) mass is 365 g/mol. The summed E-state index contributed by atoms with van der Waals surface area (Å²) in [5, 5.41) is 3.46. The maximum Gasteiger partial charge on any atom is 0.212 e. The first kappa shape index (κ1) is 16.2. The van der Waals surface area contributed by atoms with Gasteiger partial charge < -0.3 is 15.2 Å². The molecule has 5 rings (SSSR count). The highest BCUT2D eigenvalue weighted by Gasteiger charge is 2.54. The van der Waals surface area contributed by atoms with E-state index in [1.807, 2.05) is 0 Å². The molecule has 2 N–H and O–H groups in total. The maximum atomic E-state index is 12.5. The Balaban J connectivity index is 1.35. The second-order valence-corrected chi connectivity index (χ2v) is 10.2.